The molecule has 0 amide bonds. The summed E-state index contributed by atoms with van der Waals surface area (Å²) in [6, 6.07) is -0.154. The topological polar surface area (TPSA) is 55.4 Å². The lowest BCUT2D eigenvalue weighted by Crippen LogP contribution is -2.34. The van der Waals surface area contributed by atoms with Gasteiger partial charge in [-0.15, -0.1) is 0 Å². The van der Waals surface area contributed by atoms with Gasteiger partial charge in [0.15, 0.2) is 9.84 Å². The Morgan fingerprint density at radius 2 is 1.86 bits per heavy atom. The fourth-order valence-electron chi connectivity index (χ4n) is 0.890. The van der Waals surface area contributed by atoms with Crippen molar-refractivity contribution in [2.45, 2.75) is 33.7 Å². The van der Waals surface area contributed by atoms with E-state index in [1.807, 2.05) is 13.8 Å². The van der Waals surface area contributed by atoms with Gasteiger partial charge in [0, 0.05) is 11.8 Å². The van der Waals surface area contributed by atoms with E-state index in [9.17, 15) is 8.42 Å². The molecule has 0 saturated heterocycles. The second-order valence-electron chi connectivity index (χ2n) is 3.92. The lowest BCUT2D eigenvalue weighted by Gasteiger charge is -2.14. The molecule has 1 unspecified atom stereocenters. The maximum Gasteiger partial charge on any atom is 0.151 e. The molecule has 0 aliphatic carbocycles. The Labute approximate surface area is 86.9 Å². The molecule has 0 rings (SSSR count). The lowest BCUT2D eigenvalue weighted by atomic mass is 10.2. The molecule has 0 bridgehead atoms. The van der Waals surface area contributed by atoms with Crippen molar-refractivity contribution in [2.75, 3.05) is 18.1 Å². The van der Waals surface area contributed by atoms with Crippen molar-refractivity contribution in [3.05, 3.63) is 0 Å². The molecule has 0 fully saturated rings. The molecule has 0 aromatic rings. The smallest absolute Gasteiger partial charge is 0.151 e. The summed E-state index contributed by atoms with van der Waals surface area (Å²) in [6.07, 6.45) is 0. The van der Waals surface area contributed by atoms with Crippen LogP contribution in [0.2, 0.25) is 0 Å². The van der Waals surface area contributed by atoms with Crippen LogP contribution in [0.4, 0.5) is 0 Å². The quantitative estimate of drug-likeness (QED) is 0.654. The van der Waals surface area contributed by atoms with Crippen molar-refractivity contribution in [2.24, 2.45) is 5.92 Å². The summed E-state index contributed by atoms with van der Waals surface area (Å²) in [5.41, 5.74) is 2.73. The molecule has 0 saturated carbocycles. The Bertz CT molecular complexity index is 236. The van der Waals surface area contributed by atoms with Crippen molar-refractivity contribution in [1.82, 2.24) is 5.48 Å². The minimum absolute atomic E-state index is 0.127. The van der Waals surface area contributed by atoms with Crippen LogP contribution in [0.15, 0.2) is 0 Å². The summed E-state index contributed by atoms with van der Waals surface area (Å²) in [7, 11) is -2.91. The van der Waals surface area contributed by atoms with Crippen LogP contribution >= 0.6 is 0 Å². The van der Waals surface area contributed by atoms with Crippen LogP contribution < -0.4 is 5.48 Å². The van der Waals surface area contributed by atoms with Gasteiger partial charge < -0.3 is 4.84 Å². The number of hydrogen-bond donors (Lipinski definition) is 1. The summed E-state index contributed by atoms with van der Waals surface area (Å²) in [5.74, 6) is 0.752. The summed E-state index contributed by atoms with van der Waals surface area (Å²) in [5, 5.41) is 0. The van der Waals surface area contributed by atoms with Crippen LogP contribution in [0.3, 0.4) is 0 Å². The number of hydroxylamine groups is 1. The van der Waals surface area contributed by atoms with Crippen molar-refractivity contribution in [3.8, 4) is 0 Å². The highest BCUT2D eigenvalue weighted by atomic mass is 32.2. The Morgan fingerprint density at radius 3 is 2.29 bits per heavy atom. The van der Waals surface area contributed by atoms with E-state index in [0.29, 0.717) is 12.5 Å². The van der Waals surface area contributed by atoms with Crippen LogP contribution in [0.25, 0.3) is 0 Å². The van der Waals surface area contributed by atoms with Crippen LogP contribution in [-0.2, 0) is 14.7 Å². The first-order valence-corrected chi connectivity index (χ1v) is 6.77. The number of hydrogen-bond acceptors (Lipinski definition) is 4. The molecular weight excluding hydrogens is 202 g/mol. The number of sulfone groups is 1. The van der Waals surface area contributed by atoms with Gasteiger partial charge in [-0.05, 0) is 12.8 Å². The number of nitrogens with one attached hydrogen (secondary N) is 1. The molecule has 5 heteroatoms. The predicted octanol–water partition coefficient (Wildman–Crippen LogP) is 0.987. The molecule has 0 aliphatic rings. The average Bonchev–Trinajstić information content (AvgIpc) is 2.02. The summed E-state index contributed by atoms with van der Waals surface area (Å²) in [6.45, 7) is 8.12. The van der Waals surface area contributed by atoms with Crippen LogP contribution in [0.1, 0.15) is 27.7 Å². The molecule has 1 atom stereocenters. The van der Waals surface area contributed by atoms with Gasteiger partial charge in [0.2, 0.25) is 0 Å². The first kappa shape index (κ1) is 13.9. The molecule has 0 aliphatic heterocycles. The normalized spacial score (nSPS) is 14.6. The van der Waals surface area contributed by atoms with Gasteiger partial charge in [0.05, 0.1) is 12.4 Å². The highest BCUT2D eigenvalue weighted by molar-refractivity contribution is 7.91. The molecule has 0 heterocycles. The van der Waals surface area contributed by atoms with E-state index in [4.69, 9.17) is 4.84 Å². The van der Waals surface area contributed by atoms with Gasteiger partial charge in [-0.3, -0.25) is 0 Å². The Morgan fingerprint density at radius 1 is 1.29 bits per heavy atom. The molecule has 0 aromatic heterocycles. The third kappa shape index (κ3) is 7.29. The zero-order chi connectivity index (χ0) is 11.2. The Hall–Kier alpha value is -0.130. The van der Waals surface area contributed by atoms with Crippen molar-refractivity contribution >= 4 is 9.84 Å². The fourth-order valence-corrected chi connectivity index (χ4v) is 1.96. The van der Waals surface area contributed by atoms with E-state index >= 15 is 0 Å². The van der Waals surface area contributed by atoms with Gasteiger partial charge >= 0.3 is 0 Å². The van der Waals surface area contributed by atoms with Gasteiger partial charge in [-0.25, -0.2) is 8.42 Å². The van der Waals surface area contributed by atoms with Crippen LogP contribution in [-0.4, -0.2) is 32.6 Å². The SMILES string of the molecule is CCS(=O)(=O)CC(C)NOCC(C)C. The second kappa shape index (κ2) is 6.37. The average molecular weight is 223 g/mol. The summed E-state index contributed by atoms with van der Waals surface area (Å²) in [4.78, 5) is 5.13. The molecular formula is C9H21NO3S. The van der Waals surface area contributed by atoms with E-state index in [2.05, 4.69) is 5.48 Å². The summed E-state index contributed by atoms with van der Waals surface area (Å²) >= 11 is 0. The van der Waals surface area contributed by atoms with Crippen molar-refractivity contribution in [1.29, 1.82) is 0 Å². The highest BCUT2D eigenvalue weighted by Gasteiger charge is 2.13. The van der Waals surface area contributed by atoms with E-state index in [1.54, 1.807) is 13.8 Å². The van der Waals surface area contributed by atoms with Crippen molar-refractivity contribution < 1.29 is 13.3 Å². The Kier molecular flexibility index (Phi) is 6.31. The predicted molar refractivity (Wildman–Crippen MR) is 57.7 cm³/mol. The minimum Gasteiger partial charge on any atom is -0.301 e. The second-order valence-corrected chi connectivity index (χ2v) is 6.32. The van der Waals surface area contributed by atoms with Crippen LogP contribution in [0.5, 0.6) is 0 Å². The molecule has 1 N–H and O–H groups in total. The maximum atomic E-state index is 11.2. The third-order valence-corrected chi connectivity index (χ3v) is 3.53. The van der Waals surface area contributed by atoms with Crippen LogP contribution in [0, 0.1) is 5.92 Å². The zero-order valence-corrected chi connectivity index (χ0v) is 10.2. The molecule has 86 valence electrons. The standard InChI is InChI=1S/C9H21NO3S/c1-5-14(11,12)7-9(4)10-13-6-8(2)3/h8-10H,5-7H2,1-4H3. The molecule has 0 aromatic carbocycles. The van der Waals surface area contributed by atoms with Gasteiger partial charge in [0.25, 0.3) is 0 Å². The first-order chi connectivity index (χ1) is 6.37. The minimum atomic E-state index is -2.91. The molecule has 0 spiro atoms. The largest absolute Gasteiger partial charge is 0.301 e. The Balaban J connectivity index is 3.71. The zero-order valence-electron chi connectivity index (χ0n) is 9.41. The molecule has 4 nitrogen and oxygen atoms in total. The van der Waals surface area contributed by atoms with Gasteiger partial charge in [0.1, 0.15) is 0 Å². The fraction of sp³-hybridized carbons (Fsp3) is 1.00. The summed E-state index contributed by atoms with van der Waals surface area (Å²) < 4.78 is 22.4. The van der Waals surface area contributed by atoms with Crippen molar-refractivity contribution in [3.63, 3.8) is 0 Å². The van der Waals surface area contributed by atoms with Gasteiger partial charge in [-0.2, -0.15) is 5.48 Å². The monoisotopic (exact) mass is 223 g/mol. The highest BCUT2D eigenvalue weighted by Crippen LogP contribution is 1.96. The maximum absolute atomic E-state index is 11.2. The third-order valence-electron chi connectivity index (χ3n) is 1.64. The van der Waals surface area contributed by atoms with E-state index in [-0.39, 0.29) is 17.5 Å². The molecule has 0 radical (unpaired) electrons. The molecule has 14 heavy (non-hydrogen) atoms. The van der Waals surface area contributed by atoms with Gasteiger partial charge in [-0.1, -0.05) is 20.8 Å². The van der Waals surface area contributed by atoms with E-state index < -0.39 is 9.84 Å². The van der Waals surface area contributed by atoms with E-state index in [0.717, 1.165) is 0 Å². The van der Waals surface area contributed by atoms with E-state index in [1.165, 1.54) is 0 Å². The number of rotatable bonds is 7. The lowest BCUT2D eigenvalue weighted by molar-refractivity contribution is 0.00889. The first-order valence-electron chi connectivity index (χ1n) is 4.95.